The van der Waals surface area contributed by atoms with Crippen LogP contribution in [0, 0.1) is 11.8 Å². The number of unbranched alkanes of at least 4 members (excludes halogenated alkanes) is 1. The average molecular weight is 168 g/mol. The topological polar surface area (TPSA) is 0 Å². The highest BCUT2D eigenvalue weighted by molar-refractivity contribution is 4.89. The molecule has 0 heterocycles. The molecule has 12 heavy (non-hydrogen) atoms. The summed E-state index contributed by atoms with van der Waals surface area (Å²) >= 11 is 0. The standard InChI is InChI=1S/C12H24/c1-5-7-8-12(4)10-9-11(3)6-2/h9-12H,5-8H2,1-4H3. The van der Waals surface area contributed by atoms with Gasteiger partial charge in [0.25, 0.3) is 0 Å². The molecule has 0 spiro atoms. The van der Waals surface area contributed by atoms with Crippen molar-refractivity contribution in [1.29, 1.82) is 0 Å². The molecule has 0 amide bonds. The monoisotopic (exact) mass is 168 g/mol. The van der Waals surface area contributed by atoms with Crippen LogP contribution in [0.5, 0.6) is 0 Å². The summed E-state index contributed by atoms with van der Waals surface area (Å²) in [5.41, 5.74) is 0. The summed E-state index contributed by atoms with van der Waals surface area (Å²) in [6.07, 6.45) is 10.0. The fraction of sp³-hybridized carbons (Fsp3) is 0.833. The van der Waals surface area contributed by atoms with Crippen molar-refractivity contribution in [3.05, 3.63) is 12.2 Å². The number of rotatable bonds is 6. The maximum absolute atomic E-state index is 2.38. The molecule has 72 valence electrons. The Hall–Kier alpha value is -0.260. The van der Waals surface area contributed by atoms with Gasteiger partial charge in [0.1, 0.15) is 0 Å². The van der Waals surface area contributed by atoms with Crippen molar-refractivity contribution in [2.24, 2.45) is 11.8 Å². The highest BCUT2D eigenvalue weighted by Gasteiger charge is 1.96. The van der Waals surface area contributed by atoms with Gasteiger partial charge in [-0.25, -0.2) is 0 Å². The lowest BCUT2D eigenvalue weighted by atomic mass is 10.0. The van der Waals surface area contributed by atoms with Gasteiger partial charge in [-0.15, -0.1) is 0 Å². The zero-order valence-corrected chi connectivity index (χ0v) is 9.14. The van der Waals surface area contributed by atoms with Gasteiger partial charge in [-0.2, -0.15) is 0 Å². The van der Waals surface area contributed by atoms with Gasteiger partial charge in [0.05, 0.1) is 0 Å². The quantitative estimate of drug-likeness (QED) is 0.515. The molecule has 0 bridgehead atoms. The molecular formula is C12H24. The minimum Gasteiger partial charge on any atom is -0.0854 e. The second kappa shape index (κ2) is 7.39. The van der Waals surface area contributed by atoms with E-state index < -0.39 is 0 Å². The molecule has 0 aliphatic carbocycles. The van der Waals surface area contributed by atoms with Crippen LogP contribution in [0.3, 0.4) is 0 Å². The van der Waals surface area contributed by atoms with Crippen molar-refractivity contribution < 1.29 is 0 Å². The largest absolute Gasteiger partial charge is 0.0854 e. The third-order valence-corrected chi connectivity index (χ3v) is 2.43. The van der Waals surface area contributed by atoms with E-state index in [9.17, 15) is 0 Å². The van der Waals surface area contributed by atoms with Gasteiger partial charge in [-0.3, -0.25) is 0 Å². The molecule has 0 aromatic rings. The average Bonchev–Trinajstić information content (AvgIpc) is 2.10. The summed E-state index contributed by atoms with van der Waals surface area (Å²) in [6.45, 7) is 9.09. The van der Waals surface area contributed by atoms with Crippen LogP contribution >= 0.6 is 0 Å². The summed E-state index contributed by atoms with van der Waals surface area (Å²) in [4.78, 5) is 0. The fourth-order valence-corrected chi connectivity index (χ4v) is 1.14. The smallest absolute Gasteiger partial charge is 0.0262 e. The van der Waals surface area contributed by atoms with E-state index in [4.69, 9.17) is 0 Å². The van der Waals surface area contributed by atoms with E-state index in [0.29, 0.717) is 0 Å². The van der Waals surface area contributed by atoms with E-state index in [-0.39, 0.29) is 0 Å². The predicted octanol–water partition coefficient (Wildman–Crippen LogP) is 4.42. The van der Waals surface area contributed by atoms with Crippen molar-refractivity contribution in [2.75, 3.05) is 0 Å². The normalized spacial score (nSPS) is 16.7. The third kappa shape index (κ3) is 6.45. The van der Waals surface area contributed by atoms with Gasteiger partial charge < -0.3 is 0 Å². The zero-order valence-electron chi connectivity index (χ0n) is 9.14. The van der Waals surface area contributed by atoms with E-state index in [1.54, 1.807) is 0 Å². The molecule has 2 atom stereocenters. The van der Waals surface area contributed by atoms with Crippen LogP contribution in [-0.4, -0.2) is 0 Å². The number of hydrogen-bond donors (Lipinski definition) is 0. The van der Waals surface area contributed by atoms with Crippen molar-refractivity contribution in [3.63, 3.8) is 0 Å². The van der Waals surface area contributed by atoms with Crippen LogP contribution in [0.15, 0.2) is 12.2 Å². The second-order valence-corrected chi connectivity index (χ2v) is 3.89. The van der Waals surface area contributed by atoms with Crippen molar-refractivity contribution in [3.8, 4) is 0 Å². The first-order valence-electron chi connectivity index (χ1n) is 5.39. The lowest BCUT2D eigenvalue weighted by molar-refractivity contribution is 0.589. The molecule has 0 saturated heterocycles. The summed E-state index contributed by atoms with van der Waals surface area (Å²) < 4.78 is 0. The molecule has 0 aromatic heterocycles. The molecule has 2 unspecified atom stereocenters. The van der Waals surface area contributed by atoms with E-state index >= 15 is 0 Å². The van der Waals surface area contributed by atoms with Gasteiger partial charge in [-0.05, 0) is 18.3 Å². The summed E-state index contributed by atoms with van der Waals surface area (Å²) in [5, 5.41) is 0. The first-order valence-corrected chi connectivity index (χ1v) is 5.39. The Balaban J connectivity index is 3.52. The summed E-state index contributed by atoms with van der Waals surface area (Å²) in [6, 6.07) is 0. The van der Waals surface area contributed by atoms with Crippen LogP contribution in [0.4, 0.5) is 0 Å². The molecule has 0 saturated carbocycles. The van der Waals surface area contributed by atoms with E-state index in [1.165, 1.54) is 25.7 Å². The fourth-order valence-electron chi connectivity index (χ4n) is 1.14. The first-order chi connectivity index (χ1) is 5.70. The Kier molecular flexibility index (Phi) is 7.23. The molecule has 0 heteroatoms. The number of hydrogen-bond acceptors (Lipinski definition) is 0. The van der Waals surface area contributed by atoms with Gasteiger partial charge in [0.15, 0.2) is 0 Å². The highest BCUT2D eigenvalue weighted by Crippen LogP contribution is 2.11. The first kappa shape index (κ1) is 11.7. The van der Waals surface area contributed by atoms with Crippen molar-refractivity contribution in [2.45, 2.75) is 53.4 Å². The molecule has 0 fully saturated rings. The number of allylic oxidation sites excluding steroid dienone is 2. The molecule has 0 aliphatic rings. The summed E-state index contributed by atoms with van der Waals surface area (Å²) in [5.74, 6) is 1.54. The Morgan fingerprint density at radius 2 is 1.58 bits per heavy atom. The Morgan fingerprint density at radius 1 is 1.00 bits per heavy atom. The second-order valence-electron chi connectivity index (χ2n) is 3.89. The van der Waals surface area contributed by atoms with Gasteiger partial charge >= 0.3 is 0 Å². The van der Waals surface area contributed by atoms with Gasteiger partial charge in [0.2, 0.25) is 0 Å². The molecule has 0 rings (SSSR count). The predicted molar refractivity (Wildman–Crippen MR) is 57.3 cm³/mol. The molecular weight excluding hydrogens is 144 g/mol. The van der Waals surface area contributed by atoms with Crippen LogP contribution in [-0.2, 0) is 0 Å². The molecule has 0 radical (unpaired) electrons. The molecule has 0 aliphatic heterocycles. The minimum atomic E-state index is 0.758. The maximum Gasteiger partial charge on any atom is -0.0262 e. The van der Waals surface area contributed by atoms with E-state index in [1.807, 2.05) is 0 Å². The van der Waals surface area contributed by atoms with Crippen LogP contribution in [0.2, 0.25) is 0 Å². The molecule has 0 aromatic carbocycles. The van der Waals surface area contributed by atoms with Crippen LogP contribution < -0.4 is 0 Å². The lowest BCUT2D eigenvalue weighted by Crippen LogP contribution is -1.91. The van der Waals surface area contributed by atoms with Crippen LogP contribution in [0.25, 0.3) is 0 Å². The molecule has 0 N–H and O–H groups in total. The zero-order chi connectivity index (χ0) is 9.40. The lowest BCUT2D eigenvalue weighted by Gasteiger charge is -2.06. The Bertz CT molecular complexity index is 113. The van der Waals surface area contributed by atoms with Crippen molar-refractivity contribution in [1.82, 2.24) is 0 Å². The minimum absolute atomic E-state index is 0.758. The van der Waals surface area contributed by atoms with Crippen molar-refractivity contribution >= 4 is 0 Å². The highest BCUT2D eigenvalue weighted by atomic mass is 14.0. The van der Waals surface area contributed by atoms with E-state index in [2.05, 4.69) is 39.8 Å². The van der Waals surface area contributed by atoms with Gasteiger partial charge in [-0.1, -0.05) is 59.1 Å². The third-order valence-electron chi connectivity index (χ3n) is 2.43. The SMILES string of the molecule is CCCCC(C)C=CC(C)CC. The summed E-state index contributed by atoms with van der Waals surface area (Å²) in [7, 11) is 0. The Morgan fingerprint density at radius 3 is 2.08 bits per heavy atom. The van der Waals surface area contributed by atoms with Gasteiger partial charge in [0, 0.05) is 0 Å². The van der Waals surface area contributed by atoms with Crippen LogP contribution in [0.1, 0.15) is 53.4 Å². The maximum atomic E-state index is 2.38. The Labute approximate surface area is 78.1 Å². The van der Waals surface area contributed by atoms with E-state index in [0.717, 1.165) is 11.8 Å². The molecule has 0 nitrogen and oxygen atoms in total.